The Morgan fingerprint density at radius 1 is 1.29 bits per heavy atom. The molecule has 0 atom stereocenters. The number of carbonyl (C=O) groups is 1. The lowest BCUT2D eigenvalue weighted by molar-refractivity contribution is 0.0580. The Hall–Kier alpha value is -1.07. The van der Waals surface area contributed by atoms with Gasteiger partial charge in [0.05, 0.1) is 4.90 Å². The van der Waals surface area contributed by atoms with E-state index >= 15 is 0 Å². The van der Waals surface area contributed by atoms with Crippen LogP contribution in [0, 0.1) is 0 Å². The molecule has 0 aromatic heterocycles. The Balaban J connectivity index is 2.16. The van der Waals surface area contributed by atoms with Crippen LogP contribution >= 0.6 is 11.6 Å². The minimum Gasteiger partial charge on any atom is -0.336 e. The summed E-state index contributed by atoms with van der Waals surface area (Å²) >= 11 is 5.73. The minimum absolute atomic E-state index is 0.0372. The maximum Gasteiger partial charge on any atom is 0.254 e. The number of benzene rings is 1. The van der Waals surface area contributed by atoms with Crippen LogP contribution < -0.4 is 0 Å². The summed E-state index contributed by atoms with van der Waals surface area (Å²) < 4.78 is 22.9. The van der Waals surface area contributed by atoms with Crippen molar-refractivity contribution >= 4 is 27.3 Å². The summed E-state index contributed by atoms with van der Waals surface area (Å²) in [5.74, 6) is 0.494. The van der Waals surface area contributed by atoms with Crippen LogP contribution in [-0.2, 0) is 9.84 Å². The molecule has 0 spiro atoms. The fraction of sp³-hybridized carbons (Fsp3) is 0.533. The van der Waals surface area contributed by atoms with Gasteiger partial charge in [-0.25, -0.2) is 8.42 Å². The van der Waals surface area contributed by atoms with Crippen molar-refractivity contribution in [3.05, 3.63) is 29.8 Å². The second kappa shape index (κ2) is 6.79. The maximum atomic E-state index is 12.6. The average Bonchev–Trinajstić information content (AvgIpc) is 2.39. The molecule has 1 aliphatic carbocycles. The van der Waals surface area contributed by atoms with Crippen LogP contribution in [0.15, 0.2) is 29.2 Å². The molecule has 0 radical (unpaired) electrons. The second-order valence-electron chi connectivity index (χ2n) is 5.42. The van der Waals surface area contributed by atoms with Crippen LogP contribution in [0.5, 0.6) is 0 Å². The molecule has 6 heteroatoms. The zero-order valence-electron chi connectivity index (χ0n) is 12.1. The summed E-state index contributed by atoms with van der Waals surface area (Å²) in [6.07, 6.45) is 5.16. The lowest BCUT2D eigenvalue weighted by Crippen LogP contribution is -2.44. The highest BCUT2D eigenvalue weighted by atomic mass is 35.5. The van der Waals surface area contributed by atoms with Gasteiger partial charge in [0.1, 0.15) is 0 Å². The SMILES string of the molecule is CS(=O)(=O)c1ccc(C(=O)N(CCCCl)C2CCC2)cc1. The first-order valence-corrected chi connectivity index (χ1v) is 9.53. The fourth-order valence-electron chi connectivity index (χ4n) is 2.39. The maximum absolute atomic E-state index is 12.6. The predicted octanol–water partition coefficient (Wildman–Crippen LogP) is 2.71. The van der Waals surface area contributed by atoms with Crippen LogP contribution in [-0.4, -0.2) is 43.9 Å². The topological polar surface area (TPSA) is 54.5 Å². The van der Waals surface area contributed by atoms with Crippen molar-refractivity contribution in [2.24, 2.45) is 0 Å². The molecule has 0 aliphatic heterocycles. The average molecular weight is 330 g/mol. The standard InChI is InChI=1S/C15H20ClNO3S/c1-21(19,20)14-8-6-12(7-9-14)15(18)17(11-3-10-16)13-4-2-5-13/h6-9,13H,2-5,10-11H2,1H3. The Bertz CT molecular complexity index is 594. The molecular formula is C15H20ClNO3S. The van der Waals surface area contributed by atoms with Crippen LogP contribution in [0.25, 0.3) is 0 Å². The third-order valence-corrected chi connectivity index (χ3v) is 5.23. The summed E-state index contributed by atoms with van der Waals surface area (Å²) in [5.41, 5.74) is 0.531. The van der Waals surface area contributed by atoms with Crippen molar-refractivity contribution in [3.63, 3.8) is 0 Å². The van der Waals surface area contributed by atoms with Gasteiger partial charge in [0, 0.05) is 30.3 Å². The number of nitrogens with zero attached hydrogens (tertiary/aromatic N) is 1. The van der Waals surface area contributed by atoms with E-state index < -0.39 is 9.84 Å². The van der Waals surface area contributed by atoms with E-state index in [1.165, 1.54) is 12.1 Å². The molecule has 1 aliphatic rings. The van der Waals surface area contributed by atoms with Crippen LogP contribution in [0.2, 0.25) is 0 Å². The largest absolute Gasteiger partial charge is 0.336 e. The lowest BCUT2D eigenvalue weighted by atomic mass is 9.91. The van der Waals surface area contributed by atoms with E-state index in [-0.39, 0.29) is 10.8 Å². The highest BCUT2D eigenvalue weighted by Crippen LogP contribution is 2.26. The van der Waals surface area contributed by atoms with Crippen molar-refractivity contribution in [1.82, 2.24) is 4.90 Å². The molecule has 1 aromatic rings. The van der Waals surface area contributed by atoms with Crippen molar-refractivity contribution in [3.8, 4) is 0 Å². The first-order valence-electron chi connectivity index (χ1n) is 7.10. The summed E-state index contributed by atoms with van der Waals surface area (Å²) in [6.45, 7) is 0.654. The van der Waals surface area contributed by atoms with Gasteiger partial charge < -0.3 is 4.90 Å². The van der Waals surface area contributed by atoms with E-state index in [0.29, 0.717) is 24.0 Å². The van der Waals surface area contributed by atoms with Crippen LogP contribution in [0.1, 0.15) is 36.0 Å². The van der Waals surface area contributed by atoms with E-state index in [9.17, 15) is 13.2 Å². The van der Waals surface area contributed by atoms with Crippen molar-refractivity contribution in [1.29, 1.82) is 0 Å². The summed E-state index contributed by atoms with van der Waals surface area (Å²) in [6, 6.07) is 6.46. The number of rotatable bonds is 6. The van der Waals surface area contributed by atoms with Gasteiger partial charge in [-0.15, -0.1) is 11.6 Å². The van der Waals surface area contributed by atoms with Gasteiger partial charge in [0.25, 0.3) is 5.91 Å². The molecule has 4 nitrogen and oxygen atoms in total. The molecule has 0 heterocycles. The molecule has 116 valence electrons. The smallest absolute Gasteiger partial charge is 0.254 e. The molecule has 0 N–H and O–H groups in total. The van der Waals surface area contributed by atoms with Gasteiger partial charge >= 0.3 is 0 Å². The van der Waals surface area contributed by atoms with Crippen LogP contribution in [0.3, 0.4) is 0 Å². The van der Waals surface area contributed by atoms with Gasteiger partial charge in [0.2, 0.25) is 0 Å². The fourth-order valence-corrected chi connectivity index (χ4v) is 3.14. The van der Waals surface area contributed by atoms with Gasteiger partial charge in [-0.2, -0.15) is 0 Å². The number of hydrogen-bond acceptors (Lipinski definition) is 3. The molecule has 1 amide bonds. The second-order valence-corrected chi connectivity index (χ2v) is 7.82. The van der Waals surface area contributed by atoms with Gasteiger partial charge in [-0.1, -0.05) is 0 Å². The molecule has 0 unspecified atom stereocenters. The van der Waals surface area contributed by atoms with Gasteiger partial charge in [0.15, 0.2) is 9.84 Å². The Morgan fingerprint density at radius 3 is 2.33 bits per heavy atom. The molecule has 0 saturated heterocycles. The van der Waals surface area contributed by atoms with Crippen LogP contribution in [0.4, 0.5) is 0 Å². The van der Waals surface area contributed by atoms with Crippen molar-refractivity contribution in [2.75, 3.05) is 18.7 Å². The summed E-state index contributed by atoms with van der Waals surface area (Å²) in [4.78, 5) is 14.7. The number of sulfone groups is 1. The number of alkyl halides is 1. The van der Waals surface area contributed by atoms with Gasteiger partial charge in [-0.3, -0.25) is 4.79 Å². The zero-order valence-corrected chi connectivity index (χ0v) is 13.7. The first kappa shape index (κ1) is 16.3. The minimum atomic E-state index is -3.23. The quantitative estimate of drug-likeness (QED) is 0.754. The van der Waals surface area contributed by atoms with E-state index in [2.05, 4.69) is 0 Å². The number of carbonyl (C=O) groups excluding carboxylic acids is 1. The van der Waals surface area contributed by atoms with E-state index in [4.69, 9.17) is 11.6 Å². The Kier molecular flexibility index (Phi) is 5.27. The molecule has 1 fully saturated rings. The number of hydrogen-bond donors (Lipinski definition) is 0. The molecule has 2 rings (SSSR count). The van der Waals surface area contributed by atoms with Crippen molar-refractivity contribution in [2.45, 2.75) is 36.6 Å². The monoisotopic (exact) mass is 329 g/mol. The molecule has 21 heavy (non-hydrogen) atoms. The number of amides is 1. The highest BCUT2D eigenvalue weighted by Gasteiger charge is 2.29. The number of halogens is 1. The predicted molar refractivity (Wildman–Crippen MR) is 83.6 cm³/mol. The zero-order chi connectivity index (χ0) is 15.5. The molecule has 0 bridgehead atoms. The Labute approximate surface area is 131 Å². The van der Waals surface area contributed by atoms with Gasteiger partial charge in [-0.05, 0) is 49.9 Å². The Morgan fingerprint density at radius 2 is 1.90 bits per heavy atom. The lowest BCUT2D eigenvalue weighted by Gasteiger charge is -2.37. The third kappa shape index (κ3) is 3.98. The summed E-state index contributed by atoms with van der Waals surface area (Å²) in [7, 11) is -3.23. The summed E-state index contributed by atoms with van der Waals surface area (Å²) in [5, 5.41) is 0. The molecule has 1 aromatic carbocycles. The van der Waals surface area contributed by atoms with E-state index in [0.717, 1.165) is 31.9 Å². The molecular weight excluding hydrogens is 310 g/mol. The highest BCUT2D eigenvalue weighted by molar-refractivity contribution is 7.90. The third-order valence-electron chi connectivity index (χ3n) is 3.84. The molecule has 1 saturated carbocycles. The van der Waals surface area contributed by atoms with E-state index in [1.807, 2.05) is 4.90 Å². The normalized spacial score (nSPS) is 15.5. The van der Waals surface area contributed by atoms with E-state index in [1.54, 1.807) is 12.1 Å². The first-order chi connectivity index (χ1) is 9.93. The van der Waals surface area contributed by atoms with Crippen molar-refractivity contribution < 1.29 is 13.2 Å².